The van der Waals surface area contributed by atoms with E-state index in [9.17, 15) is 13.6 Å². The predicted molar refractivity (Wildman–Crippen MR) is 134 cm³/mol. The molecule has 0 radical (unpaired) electrons. The number of hydrogen-bond acceptors (Lipinski definition) is 6. The van der Waals surface area contributed by atoms with Crippen LogP contribution in [0.15, 0.2) is 72.8 Å². The lowest BCUT2D eigenvalue weighted by atomic mass is 10.1. The van der Waals surface area contributed by atoms with Crippen LogP contribution in [0.3, 0.4) is 0 Å². The molecule has 34 heavy (non-hydrogen) atoms. The van der Waals surface area contributed by atoms with Crippen LogP contribution in [0.4, 0.5) is 11.5 Å². The largest absolute Gasteiger partial charge is 0.755 e. The van der Waals surface area contributed by atoms with Crippen LogP contribution in [0.1, 0.15) is 27.2 Å². The van der Waals surface area contributed by atoms with E-state index >= 15 is 0 Å². The number of anilines is 2. The fourth-order valence-corrected chi connectivity index (χ4v) is 5.07. The van der Waals surface area contributed by atoms with Crippen LogP contribution in [0.25, 0.3) is 0 Å². The van der Waals surface area contributed by atoms with E-state index in [1.165, 1.54) is 6.07 Å². The molecule has 1 heterocycles. The van der Waals surface area contributed by atoms with Crippen LogP contribution in [-0.2, 0) is 24.2 Å². The first-order valence-corrected chi connectivity index (χ1v) is 12.5. The van der Waals surface area contributed by atoms with Crippen LogP contribution in [-0.4, -0.2) is 23.4 Å². The molecule has 1 unspecified atom stereocenters. The minimum atomic E-state index is -2.76. The summed E-state index contributed by atoms with van der Waals surface area (Å²) in [5, 5.41) is 3.60. The van der Waals surface area contributed by atoms with Crippen LogP contribution in [0.5, 0.6) is 0 Å². The van der Waals surface area contributed by atoms with Gasteiger partial charge in [0.2, 0.25) is 0 Å². The summed E-state index contributed by atoms with van der Waals surface area (Å²) >= 11 is 10.5. The number of halogens is 2. The summed E-state index contributed by atoms with van der Waals surface area (Å²) in [5.74, 6) is -0.341. The Balaban J connectivity index is 1.64. The van der Waals surface area contributed by atoms with Crippen LogP contribution in [0, 0.1) is 0 Å². The van der Waals surface area contributed by atoms with Gasteiger partial charge in [0, 0.05) is 28.6 Å². The minimum absolute atomic E-state index is 0.0731. The van der Waals surface area contributed by atoms with E-state index in [4.69, 9.17) is 23.2 Å². The Bertz CT molecular complexity index is 1310. The first-order chi connectivity index (χ1) is 16.5. The Morgan fingerprint density at radius 2 is 1.65 bits per heavy atom. The molecule has 1 aromatic heterocycles. The molecule has 0 saturated carbocycles. The molecule has 11 heteroatoms. The lowest BCUT2D eigenvalue weighted by Gasteiger charge is -2.26. The molecule has 1 atom stereocenters. The summed E-state index contributed by atoms with van der Waals surface area (Å²) in [6.45, 7) is 0.0731. The van der Waals surface area contributed by atoms with Crippen LogP contribution >= 0.6 is 34.9 Å². The molecule has 0 bridgehead atoms. The van der Waals surface area contributed by atoms with Crippen molar-refractivity contribution < 1.29 is 13.6 Å². The van der Waals surface area contributed by atoms with Gasteiger partial charge in [0.1, 0.15) is 5.69 Å². The standard InChI is InChI=1S/C23H18Cl2N4O3S2/c24-18-10-6-11-19(25)17(18)14-26-23(30)16-9-4-5-12-21(16)29(34(31)32)22-20(27-33-28-22)13-15-7-2-1-3-8-15/h1-12H,13-14H2,(H,26,30)(H,31,32)/p-1. The van der Waals surface area contributed by atoms with Gasteiger partial charge < -0.3 is 9.87 Å². The number of nitrogens with zero attached hydrogens (tertiary/aromatic N) is 3. The molecular weight excluding hydrogens is 515 g/mol. The topological polar surface area (TPSA) is 98.2 Å². The van der Waals surface area contributed by atoms with Gasteiger partial charge in [0.05, 0.1) is 34.2 Å². The molecule has 4 aromatic rings. The summed E-state index contributed by atoms with van der Waals surface area (Å²) in [6.07, 6.45) is 0.389. The molecule has 7 nitrogen and oxygen atoms in total. The zero-order valence-electron chi connectivity index (χ0n) is 17.5. The smallest absolute Gasteiger partial charge is 0.253 e. The van der Waals surface area contributed by atoms with Gasteiger partial charge in [-0.05, 0) is 29.8 Å². The average Bonchev–Trinajstić information content (AvgIpc) is 3.27. The number of carbonyl (C=O) groups is 1. The molecule has 3 aromatic carbocycles. The van der Waals surface area contributed by atoms with E-state index in [0.29, 0.717) is 27.7 Å². The number of carbonyl (C=O) groups excluding carboxylic acids is 1. The fourth-order valence-electron chi connectivity index (χ4n) is 3.33. The Morgan fingerprint density at radius 3 is 2.35 bits per heavy atom. The summed E-state index contributed by atoms with van der Waals surface area (Å²) in [4.78, 5) is 13.1. The number of benzene rings is 3. The minimum Gasteiger partial charge on any atom is -0.755 e. The third-order valence-electron chi connectivity index (χ3n) is 4.95. The van der Waals surface area contributed by atoms with Gasteiger partial charge in [-0.2, -0.15) is 8.75 Å². The van der Waals surface area contributed by atoms with Crippen molar-refractivity contribution in [1.82, 2.24) is 14.1 Å². The maximum absolute atomic E-state index is 13.1. The number of amides is 1. The van der Waals surface area contributed by atoms with E-state index in [2.05, 4.69) is 14.1 Å². The Hall–Kier alpha value is -2.82. The van der Waals surface area contributed by atoms with Crippen molar-refractivity contribution in [3.8, 4) is 0 Å². The normalized spacial score (nSPS) is 11.7. The van der Waals surface area contributed by atoms with Gasteiger partial charge >= 0.3 is 0 Å². The summed E-state index contributed by atoms with van der Waals surface area (Å²) < 4.78 is 34.2. The van der Waals surface area contributed by atoms with Crippen molar-refractivity contribution >= 4 is 63.6 Å². The zero-order valence-corrected chi connectivity index (χ0v) is 20.6. The average molecular weight is 532 g/mol. The van der Waals surface area contributed by atoms with E-state index in [0.717, 1.165) is 21.6 Å². The zero-order chi connectivity index (χ0) is 24.1. The highest BCUT2D eigenvalue weighted by atomic mass is 35.5. The molecule has 1 amide bonds. The van der Waals surface area contributed by atoms with Crippen molar-refractivity contribution in [1.29, 1.82) is 0 Å². The number of aromatic nitrogens is 2. The summed E-state index contributed by atoms with van der Waals surface area (Å²) in [7, 11) is 0. The maximum atomic E-state index is 13.1. The molecule has 0 aliphatic rings. The molecule has 0 aliphatic carbocycles. The third-order valence-corrected chi connectivity index (χ3v) is 6.88. The van der Waals surface area contributed by atoms with Crippen LogP contribution in [0.2, 0.25) is 10.0 Å². The molecule has 0 saturated heterocycles. The van der Waals surface area contributed by atoms with Gasteiger partial charge in [-0.25, -0.2) is 0 Å². The molecule has 0 fully saturated rings. The highest BCUT2D eigenvalue weighted by Crippen LogP contribution is 2.32. The molecule has 4 rings (SSSR count). The molecular formula is C23H17Cl2N4O3S2-. The van der Waals surface area contributed by atoms with Gasteiger partial charge in [-0.15, -0.1) is 0 Å². The van der Waals surface area contributed by atoms with E-state index in [1.54, 1.807) is 36.4 Å². The number of rotatable bonds is 8. The van der Waals surface area contributed by atoms with E-state index in [-0.39, 0.29) is 23.6 Å². The van der Waals surface area contributed by atoms with Crippen LogP contribution < -0.4 is 9.62 Å². The lowest BCUT2D eigenvalue weighted by molar-refractivity contribution is 0.0951. The van der Waals surface area contributed by atoms with Gasteiger partial charge in [0.15, 0.2) is 5.82 Å². The Morgan fingerprint density at radius 1 is 0.971 bits per heavy atom. The second-order valence-electron chi connectivity index (χ2n) is 7.11. The maximum Gasteiger partial charge on any atom is 0.253 e. The molecule has 1 N–H and O–H groups in total. The SMILES string of the molecule is O=C(NCc1c(Cl)cccc1Cl)c1ccccc1N(c1nsnc1Cc1ccccc1)S(=O)[O-]. The van der Waals surface area contributed by atoms with Gasteiger partial charge in [0.25, 0.3) is 5.91 Å². The lowest BCUT2D eigenvalue weighted by Crippen LogP contribution is -2.28. The monoisotopic (exact) mass is 531 g/mol. The third kappa shape index (κ3) is 5.45. The molecule has 174 valence electrons. The van der Waals surface area contributed by atoms with Gasteiger partial charge in [-0.1, -0.05) is 71.7 Å². The first-order valence-electron chi connectivity index (χ1n) is 10.0. The van der Waals surface area contributed by atoms with Crippen molar-refractivity contribution in [2.45, 2.75) is 13.0 Å². The van der Waals surface area contributed by atoms with Crippen molar-refractivity contribution in [3.63, 3.8) is 0 Å². The number of hydrogen-bond donors (Lipinski definition) is 1. The molecule has 0 spiro atoms. The number of para-hydroxylation sites is 1. The second kappa shape index (κ2) is 11.1. The quantitative estimate of drug-likeness (QED) is 0.311. The summed E-state index contributed by atoms with van der Waals surface area (Å²) in [5.41, 5.74) is 2.30. The van der Waals surface area contributed by atoms with Crippen molar-refractivity contribution in [2.75, 3.05) is 4.31 Å². The predicted octanol–water partition coefficient (Wildman–Crippen LogP) is 5.30. The fraction of sp³-hybridized carbons (Fsp3) is 0.0870. The highest BCUT2D eigenvalue weighted by molar-refractivity contribution is 7.81. The Kier molecular flexibility index (Phi) is 7.91. The highest BCUT2D eigenvalue weighted by Gasteiger charge is 2.24. The molecule has 0 aliphatic heterocycles. The van der Waals surface area contributed by atoms with Gasteiger partial charge in [-0.3, -0.25) is 13.3 Å². The summed E-state index contributed by atoms with van der Waals surface area (Å²) in [6, 6.07) is 21.0. The van der Waals surface area contributed by atoms with Crippen molar-refractivity contribution in [2.24, 2.45) is 0 Å². The first kappa shape index (κ1) is 24.3. The number of nitrogens with one attached hydrogen (secondary N) is 1. The van der Waals surface area contributed by atoms with E-state index < -0.39 is 17.2 Å². The second-order valence-corrected chi connectivity index (χ2v) is 9.25. The van der Waals surface area contributed by atoms with Crippen molar-refractivity contribution in [3.05, 3.63) is 105 Å². The van der Waals surface area contributed by atoms with E-state index in [1.807, 2.05) is 30.3 Å². The Labute approximate surface area is 213 Å².